The highest BCUT2D eigenvalue weighted by Crippen LogP contribution is 2.17. The Morgan fingerprint density at radius 2 is 1.88 bits per heavy atom. The summed E-state index contributed by atoms with van der Waals surface area (Å²) in [5.74, 6) is 0.874. The molecule has 0 aromatic rings. The minimum atomic E-state index is 0. The molecule has 0 aromatic carbocycles. The summed E-state index contributed by atoms with van der Waals surface area (Å²) in [6, 6.07) is 0.749. The molecule has 3 atom stereocenters. The third-order valence-electron chi connectivity index (χ3n) is 3.44. The van der Waals surface area contributed by atoms with Crippen LogP contribution in [-0.4, -0.2) is 36.0 Å². The number of amides is 1. The van der Waals surface area contributed by atoms with Gasteiger partial charge in [0.05, 0.1) is 0 Å². The third kappa shape index (κ3) is 3.63. The first kappa shape index (κ1) is 15.7. The Balaban J connectivity index is 0.00000225. The molecule has 1 N–H and O–H groups in total. The van der Waals surface area contributed by atoms with Crippen LogP contribution in [0, 0.1) is 11.8 Å². The summed E-state index contributed by atoms with van der Waals surface area (Å²) >= 11 is 0. The van der Waals surface area contributed by atoms with Crippen LogP contribution >= 0.6 is 12.4 Å². The van der Waals surface area contributed by atoms with E-state index in [2.05, 4.69) is 33.0 Å². The smallest absolute Gasteiger partial charge is 0.225 e. The second-order valence-corrected chi connectivity index (χ2v) is 5.18. The number of nitrogens with one attached hydrogen (secondary N) is 1. The van der Waals surface area contributed by atoms with Crippen LogP contribution in [-0.2, 0) is 4.79 Å². The molecule has 0 spiro atoms. The van der Waals surface area contributed by atoms with Crippen LogP contribution in [0.25, 0.3) is 0 Å². The maximum absolute atomic E-state index is 12.2. The van der Waals surface area contributed by atoms with E-state index >= 15 is 0 Å². The van der Waals surface area contributed by atoms with Crippen molar-refractivity contribution in [3.05, 3.63) is 0 Å². The number of hydrogen-bond acceptors (Lipinski definition) is 2. The molecule has 96 valence electrons. The van der Waals surface area contributed by atoms with Gasteiger partial charge in [0.25, 0.3) is 0 Å². The monoisotopic (exact) mass is 248 g/mol. The highest BCUT2D eigenvalue weighted by molar-refractivity contribution is 5.85. The first-order valence-corrected chi connectivity index (χ1v) is 5.97. The number of carbonyl (C=O) groups excluding carboxylic acids is 1. The van der Waals surface area contributed by atoms with Crippen molar-refractivity contribution in [1.82, 2.24) is 10.2 Å². The van der Waals surface area contributed by atoms with E-state index in [1.54, 1.807) is 0 Å². The van der Waals surface area contributed by atoms with Crippen LogP contribution in [0.2, 0.25) is 0 Å². The van der Waals surface area contributed by atoms with Gasteiger partial charge < -0.3 is 10.2 Å². The van der Waals surface area contributed by atoms with Crippen molar-refractivity contribution in [2.75, 3.05) is 13.1 Å². The molecule has 1 saturated heterocycles. The van der Waals surface area contributed by atoms with Crippen LogP contribution in [0.1, 0.15) is 34.6 Å². The van der Waals surface area contributed by atoms with Gasteiger partial charge in [-0.3, -0.25) is 4.79 Å². The molecular formula is C12H25ClN2O. The summed E-state index contributed by atoms with van der Waals surface area (Å²) in [4.78, 5) is 14.2. The summed E-state index contributed by atoms with van der Waals surface area (Å²) in [6.07, 6.45) is 0. The molecule has 3 unspecified atom stereocenters. The van der Waals surface area contributed by atoms with E-state index in [1.165, 1.54) is 0 Å². The largest absolute Gasteiger partial charge is 0.337 e. The van der Waals surface area contributed by atoms with E-state index in [0.29, 0.717) is 23.9 Å². The third-order valence-corrected chi connectivity index (χ3v) is 3.44. The van der Waals surface area contributed by atoms with E-state index in [9.17, 15) is 4.79 Å². The molecule has 1 fully saturated rings. The lowest BCUT2D eigenvalue weighted by Gasteiger charge is -2.39. The van der Waals surface area contributed by atoms with Gasteiger partial charge in [0.15, 0.2) is 0 Å². The lowest BCUT2D eigenvalue weighted by atomic mass is 9.95. The van der Waals surface area contributed by atoms with E-state index in [-0.39, 0.29) is 18.3 Å². The molecule has 1 aliphatic heterocycles. The van der Waals surface area contributed by atoms with Gasteiger partial charge in [-0.25, -0.2) is 0 Å². The van der Waals surface area contributed by atoms with Gasteiger partial charge in [-0.2, -0.15) is 0 Å². The molecule has 16 heavy (non-hydrogen) atoms. The Morgan fingerprint density at radius 1 is 1.31 bits per heavy atom. The molecule has 1 heterocycles. The molecule has 0 bridgehead atoms. The fourth-order valence-electron chi connectivity index (χ4n) is 1.88. The summed E-state index contributed by atoms with van der Waals surface area (Å²) < 4.78 is 0. The number of hydrogen-bond donors (Lipinski definition) is 1. The van der Waals surface area contributed by atoms with Crippen LogP contribution < -0.4 is 5.32 Å². The Labute approximate surface area is 105 Å². The number of piperazine rings is 1. The Kier molecular flexibility index (Phi) is 6.34. The lowest BCUT2D eigenvalue weighted by molar-refractivity contribution is -0.139. The Bertz CT molecular complexity index is 233. The van der Waals surface area contributed by atoms with Gasteiger partial charge in [0.2, 0.25) is 5.91 Å². The molecule has 0 saturated carbocycles. The van der Waals surface area contributed by atoms with E-state index < -0.39 is 0 Å². The Hall–Kier alpha value is -0.280. The minimum Gasteiger partial charge on any atom is -0.337 e. The highest BCUT2D eigenvalue weighted by atomic mass is 35.5. The first-order chi connectivity index (χ1) is 6.93. The van der Waals surface area contributed by atoms with Crippen LogP contribution in [0.4, 0.5) is 0 Å². The minimum absolute atomic E-state index is 0. The predicted octanol–water partition coefficient (Wildman–Crippen LogP) is 1.91. The topological polar surface area (TPSA) is 32.3 Å². The van der Waals surface area contributed by atoms with Gasteiger partial charge in [-0.05, 0) is 19.8 Å². The molecule has 3 nitrogen and oxygen atoms in total. The molecule has 0 aliphatic carbocycles. The number of halogens is 1. The normalized spacial score (nSPS) is 27.5. The molecule has 1 rings (SSSR count). The zero-order chi connectivity index (χ0) is 11.6. The Morgan fingerprint density at radius 3 is 2.38 bits per heavy atom. The van der Waals surface area contributed by atoms with Crippen molar-refractivity contribution in [2.24, 2.45) is 11.8 Å². The fraction of sp³-hybridized carbons (Fsp3) is 0.917. The van der Waals surface area contributed by atoms with Crippen LogP contribution in [0.5, 0.6) is 0 Å². The second kappa shape index (κ2) is 6.45. The van der Waals surface area contributed by atoms with Gasteiger partial charge in [-0.1, -0.05) is 20.8 Å². The van der Waals surface area contributed by atoms with E-state index in [0.717, 1.165) is 13.1 Å². The first-order valence-electron chi connectivity index (χ1n) is 5.97. The summed E-state index contributed by atoms with van der Waals surface area (Å²) in [6.45, 7) is 12.3. The molecule has 1 aliphatic rings. The SMILES string of the molecule is CC1CN(C(=O)C(C)C(C)C)C(C)CN1.Cl. The molecule has 0 radical (unpaired) electrons. The maximum atomic E-state index is 12.2. The average Bonchev–Trinajstić information content (AvgIpc) is 2.19. The zero-order valence-electron chi connectivity index (χ0n) is 11.0. The number of rotatable bonds is 2. The predicted molar refractivity (Wildman–Crippen MR) is 69.9 cm³/mol. The van der Waals surface area contributed by atoms with Crippen molar-refractivity contribution in [3.63, 3.8) is 0 Å². The van der Waals surface area contributed by atoms with Crippen LogP contribution in [0.15, 0.2) is 0 Å². The van der Waals surface area contributed by atoms with Crippen molar-refractivity contribution >= 4 is 18.3 Å². The van der Waals surface area contributed by atoms with Crippen molar-refractivity contribution in [1.29, 1.82) is 0 Å². The van der Waals surface area contributed by atoms with Gasteiger partial charge >= 0.3 is 0 Å². The maximum Gasteiger partial charge on any atom is 0.225 e. The molecular weight excluding hydrogens is 224 g/mol. The molecule has 4 heteroatoms. The van der Waals surface area contributed by atoms with Gasteiger partial charge in [0, 0.05) is 31.1 Å². The van der Waals surface area contributed by atoms with Crippen molar-refractivity contribution in [2.45, 2.75) is 46.7 Å². The number of carbonyl (C=O) groups is 1. The number of nitrogens with zero attached hydrogens (tertiary/aromatic N) is 1. The fourth-order valence-corrected chi connectivity index (χ4v) is 1.88. The van der Waals surface area contributed by atoms with Gasteiger partial charge in [0.1, 0.15) is 0 Å². The van der Waals surface area contributed by atoms with Gasteiger partial charge in [-0.15, -0.1) is 12.4 Å². The summed E-state index contributed by atoms with van der Waals surface area (Å²) in [5.41, 5.74) is 0. The van der Waals surface area contributed by atoms with Crippen LogP contribution in [0.3, 0.4) is 0 Å². The standard InChI is InChI=1S/C12H24N2O.ClH/c1-8(2)11(5)12(15)14-7-9(3)13-6-10(14)4;/h8-11,13H,6-7H2,1-5H3;1H. The second-order valence-electron chi connectivity index (χ2n) is 5.18. The molecule has 0 aromatic heterocycles. The van der Waals surface area contributed by atoms with Crippen molar-refractivity contribution < 1.29 is 4.79 Å². The van der Waals surface area contributed by atoms with Crippen molar-refractivity contribution in [3.8, 4) is 0 Å². The lowest BCUT2D eigenvalue weighted by Crippen LogP contribution is -2.57. The van der Waals surface area contributed by atoms with E-state index in [4.69, 9.17) is 0 Å². The van der Waals surface area contributed by atoms with E-state index in [1.807, 2.05) is 11.8 Å². The molecule has 1 amide bonds. The average molecular weight is 249 g/mol. The summed E-state index contributed by atoms with van der Waals surface area (Å²) in [5, 5.41) is 3.39. The highest BCUT2D eigenvalue weighted by Gasteiger charge is 2.30. The zero-order valence-corrected chi connectivity index (χ0v) is 11.8. The quantitative estimate of drug-likeness (QED) is 0.810. The summed E-state index contributed by atoms with van der Waals surface area (Å²) in [7, 11) is 0.